The van der Waals surface area contributed by atoms with Gasteiger partial charge in [-0.2, -0.15) is 0 Å². The van der Waals surface area contributed by atoms with Crippen molar-refractivity contribution in [3.63, 3.8) is 0 Å². The maximum Gasteiger partial charge on any atom is 0.245 e. The van der Waals surface area contributed by atoms with Gasteiger partial charge in [-0.15, -0.1) is 0 Å². The summed E-state index contributed by atoms with van der Waals surface area (Å²) in [5, 5.41) is 12.2. The van der Waals surface area contributed by atoms with Crippen LogP contribution in [0.4, 0.5) is 0 Å². The van der Waals surface area contributed by atoms with E-state index in [9.17, 15) is 28.8 Å². The zero-order valence-electron chi connectivity index (χ0n) is 36.9. The molecule has 338 valence electrons. The highest BCUT2D eigenvalue weighted by Crippen LogP contribution is 2.20. The summed E-state index contributed by atoms with van der Waals surface area (Å²) in [6.45, 7) is 9.50. The number of unbranched alkanes of at least 4 members (excludes halogenated alkanes) is 1. The third-order valence-corrected chi connectivity index (χ3v) is 11.4. The summed E-state index contributed by atoms with van der Waals surface area (Å²) < 4.78 is 0. The standard InChI is InChI=1S/C47H74N8O6/c1-33(2)28-41(54-46(60)38(29-35-15-6-4-7-16-35)32-42(56)39(50)30-36-17-8-5-9-18-36)43(57)31-37(19-13-22-49)45(59)52-23-11-10-20-40(47(61)55-26-24-51-25-27-55)53-44(58)34(3)14-12-21-48/h4-9,15-18,33-34,37-41,51H,10-14,19-32,48-50H2,1-3H3,(H,52,59)(H,53,58)(H,54,60)/t34-,37+,38+,39-,40+,41-/m1/s1. The smallest absolute Gasteiger partial charge is 0.245 e. The second-order valence-electron chi connectivity index (χ2n) is 17.1. The molecule has 14 heteroatoms. The van der Waals surface area contributed by atoms with Crippen LogP contribution in [-0.2, 0) is 41.6 Å². The van der Waals surface area contributed by atoms with Crippen LogP contribution in [-0.4, -0.2) is 104 Å². The van der Waals surface area contributed by atoms with E-state index in [-0.39, 0.29) is 54.0 Å². The first-order chi connectivity index (χ1) is 29.3. The number of nitrogens with two attached hydrogens (primary N) is 3. The molecule has 4 amide bonds. The van der Waals surface area contributed by atoms with Crippen LogP contribution >= 0.6 is 0 Å². The van der Waals surface area contributed by atoms with Gasteiger partial charge in [0.15, 0.2) is 11.6 Å². The van der Waals surface area contributed by atoms with Crippen LogP contribution in [0.1, 0.15) is 96.1 Å². The minimum Gasteiger partial charge on any atom is -0.356 e. The van der Waals surface area contributed by atoms with Gasteiger partial charge in [-0.1, -0.05) is 81.4 Å². The predicted molar refractivity (Wildman–Crippen MR) is 240 cm³/mol. The lowest BCUT2D eigenvalue weighted by Gasteiger charge is -2.31. The number of hydrogen-bond acceptors (Lipinski definition) is 10. The molecular formula is C47H74N8O6. The molecule has 0 bridgehead atoms. The van der Waals surface area contributed by atoms with E-state index in [0.717, 1.165) is 17.5 Å². The van der Waals surface area contributed by atoms with Crippen LogP contribution < -0.4 is 38.5 Å². The van der Waals surface area contributed by atoms with Crippen molar-refractivity contribution in [3.05, 3.63) is 71.8 Å². The molecule has 0 unspecified atom stereocenters. The molecular weight excluding hydrogens is 773 g/mol. The summed E-state index contributed by atoms with van der Waals surface area (Å²) in [6.07, 6.45) is 4.73. The van der Waals surface area contributed by atoms with Crippen LogP contribution in [0, 0.1) is 23.7 Å². The van der Waals surface area contributed by atoms with Crippen molar-refractivity contribution in [2.45, 2.75) is 116 Å². The number of carbonyl (C=O) groups is 6. The normalized spacial score (nSPS) is 15.8. The van der Waals surface area contributed by atoms with E-state index in [1.807, 2.05) is 81.4 Å². The molecule has 2 aromatic carbocycles. The second-order valence-corrected chi connectivity index (χ2v) is 17.1. The van der Waals surface area contributed by atoms with Gasteiger partial charge in [0.2, 0.25) is 23.6 Å². The van der Waals surface area contributed by atoms with Gasteiger partial charge in [-0.05, 0) is 94.3 Å². The summed E-state index contributed by atoms with van der Waals surface area (Å²) in [4.78, 5) is 83.5. The Balaban J connectivity index is 1.64. The van der Waals surface area contributed by atoms with Crippen molar-refractivity contribution in [1.29, 1.82) is 0 Å². The summed E-state index contributed by atoms with van der Waals surface area (Å²) in [6, 6.07) is 16.6. The SMILES string of the molecule is CC(C)C[C@@H](NC(=O)[C@H](CC(=O)[C@H](N)Cc1ccccc1)Cc1ccccc1)C(=O)C[C@H](CCCN)C(=O)NCCCC[C@H](NC(=O)[C@H](C)CCCN)C(=O)N1CCNCC1. The highest BCUT2D eigenvalue weighted by Gasteiger charge is 2.32. The summed E-state index contributed by atoms with van der Waals surface area (Å²) in [7, 11) is 0. The first kappa shape index (κ1) is 50.9. The number of piperazine rings is 1. The van der Waals surface area contributed by atoms with Gasteiger partial charge in [0, 0.05) is 63.3 Å². The molecule has 14 nitrogen and oxygen atoms in total. The average Bonchev–Trinajstić information content (AvgIpc) is 3.26. The monoisotopic (exact) mass is 847 g/mol. The Bertz CT molecular complexity index is 1640. The Morgan fingerprint density at radius 1 is 0.656 bits per heavy atom. The maximum atomic E-state index is 14.1. The summed E-state index contributed by atoms with van der Waals surface area (Å²) in [5.74, 6) is -3.05. The molecule has 1 aliphatic heterocycles. The van der Waals surface area contributed by atoms with Crippen LogP contribution in [0.3, 0.4) is 0 Å². The molecule has 1 heterocycles. The molecule has 10 N–H and O–H groups in total. The number of rotatable bonds is 29. The zero-order chi connectivity index (χ0) is 44.6. The van der Waals surface area contributed by atoms with E-state index in [2.05, 4.69) is 21.3 Å². The molecule has 1 fully saturated rings. The summed E-state index contributed by atoms with van der Waals surface area (Å²) in [5.41, 5.74) is 19.7. The fourth-order valence-electron chi connectivity index (χ4n) is 7.70. The Kier molecular flexibility index (Phi) is 23.5. The van der Waals surface area contributed by atoms with E-state index in [1.54, 1.807) is 4.90 Å². The molecule has 6 atom stereocenters. The lowest BCUT2D eigenvalue weighted by Crippen LogP contribution is -2.54. The second kappa shape index (κ2) is 28.2. The highest BCUT2D eigenvalue weighted by molar-refractivity contribution is 5.95. The molecule has 0 aliphatic carbocycles. The Labute approximate surface area is 363 Å². The van der Waals surface area contributed by atoms with Crippen molar-refractivity contribution >= 4 is 35.2 Å². The number of nitrogens with zero attached hydrogens (tertiary/aromatic N) is 1. The van der Waals surface area contributed by atoms with Crippen LogP contribution in [0.5, 0.6) is 0 Å². The largest absolute Gasteiger partial charge is 0.356 e. The molecule has 61 heavy (non-hydrogen) atoms. The van der Waals surface area contributed by atoms with E-state index >= 15 is 0 Å². The molecule has 1 saturated heterocycles. The third kappa shape index (κ3) is 19.0. The topological polar surface area (TPSA) is 232 Å². The molecule has 0 saturated carbocycles. The minimum absolute atomic E-state index is 0.0558. The lowest BCUT2D eigenvalue weighted by molar-refractivity contribution is -0.138. The average molecular weight is 847 g/mol. The number of amides is 4. The molecule has 0 spiro atoms. The predicted octanol–water partition coefficient (Wildman–Crippen LogP) is 2.80. The summed E-state index contributed by atoms with van der Waals surface area (Å²) >= 11 is 0. The molecule has 0 aromatic heterocycles. The fourth-order valence-corrected chi connectivity index (χ4v) is 7.70. The number of hydrogen-bond donors (Lipinski definition) is 7. The van der Waals surface area contributed by atoms with Crippen molar-refractivity contribution in [2.75, 3.05) is 45.8 Å². The molecule has 0 radical (unpaired) electrons. The van der Waals surface area contributed by atoms with Crippen molar-refractivity contribution in [3.8, 4) is 0 Å². The van der Waals surface area contributed by atoms with Crippen LogP contribution in [0.2, 0.25) is 0 Å². The zero-order valence-corrected chi connectivity index (χ0v) is 36.9. The quantitative estimate of drug-likeness (QED) is 0.0592. The van der Waals surface area contributed by atoms with Gasteiger partial charge >= 0.3 is 0 Å². The van der Waals surface area contributed by atoms with Gasteiger partial charge in [-0.3, -0.25) is 28.8 Å². The molecule has 1 aliphatic rings. The highest BCUT2D eigenvalue weighted by atomic mass is 16.2. The van der Waals surface area contributed by atoms with E-state index in [0.29, 0.717) is 104 Å². The van der Waals surface area contributed by atoms with Gasteiger partial charge in [0.1, 0.15) is 6.04 Å². The van der Waals surface area contributed by atoms with Crippen LogP contribution in [0.25, 0.3) is 0 Å². The van der Waals surface area contributed by atoms with Crippen molar-refractivity contribution < 1.29 is 28.8 Å². The fraction of sp³-hybridized carbons (Fsp3) is 0.617. The van der Waals surface area contributed by atoms with Crippen molar-refractivity contribution in [2.24, 2.45) is 40.9 Å². The number of nitrogens with one attached hydrogen (secondary N) is 4. The van der Waals surface area contributed by atoms with E-state index in [1.165, 1.54) is 0 Å². The Hall–Kier alpha value is -4.50. The molecule has 2 aromatic rings. The van der Waals surface area contributed by atoms with Crippen molar-refractivity contribution in [1.82, 2.24) is 26.2 Å². The van der Waals surface area contributed by atoms with Gasteiger partial charge < -0.3 is 43.4 Å². The number of benzene rings is 2. The first-order valence-electron chi connectivity index (χ1n) is 22.5. The van der Waals surface area contributed by atoms with E-state index in [4.69, 9.17) is 17.2 Å². The number of Topliss-reactive ketones (excluding diaryl/α,β-unsaturated/α-hetero) is 2. The van der Waals surface area contributed by atoms with Crippen LogP contribution in [0.15, 0.2) is 60.7 Å². The third-order valence-electron chi connectivity index (χ3n) is 11.4. The number of carbonyl (C=O) groups excluding carboxylic acids is 6. The maximum absolute atomic E-state index is 14.1. The number of ketones is 2. The lowest BCUT2D eigenvalue weighted by atomic mass is 9.88. The first-order valence-corrected chi connectivity index (χ1v) is 22.5. The minimum atomic E-state index is -0.856. The Morgan fingerprint density at radius 2 is 1.23 bits per heavy atom. The van der Waals surface area contributed by atoms with Gasteiger partial charge in [-0.25, -0.2) is 0 Å². The van der Waals surface area contributed by atoms with Gasteiger partial charge in [0.25, 0.3) is 0 Å². The van der Waals surface area contributed by atoms with Gasteiger partial charge in [0.05, 0.1) is 12.1 Å². The van der Waals surface area contributed by atoms with E-state index < -0.39 is 35.9 Å². The molecule has 3 rings (SSSR count). The Morgan fingerprint density at radius 3 is 1.84 bits per heavy atom.